The molecule has 28 heavy (non-hydrogen) atoms. The minimum atomic E-state index is -0.534. The van der Waals surface area contributed by atoms with Crippen molar-refractivity contribution in [2.75, 3.05) is 19.7 Å². The average molecular weight is 401 g/mol. The summed E-state index contributed by atoms with van der Waals surface area (Å²) in [6, 6.07) is 13.5. The molecule has 1 fully saturated rings. The van der Waals surface area contributed by atoms with Gasteiger partial charge in [-0.05, 0) is 23.8 Å². The molecular formula is C21H18ClFN2O3. The lowest BCUT2D eigenvalue weighted by atomic mass is 10.1. The highest BCUT2D eigenvalue weighted by molar-refractivity contribution is 6.31. The molecule has 0 N–H and O–H groups in total. The largest absolute Gasteiger partial charge is 0.442 e. The van der Waals surface area contributed by atoms with E-state index in [4.69, 9.17) is 20.8 Å². The monoisotopic (exact) mass is 400 g/mol. The molecule has 3 aromatic rings. The first-order valence-electron chi connectivity index (χ1n) is 8.95. The smallest absolute Gasteiger partial charge is 0.257 e. The van der Waals surface area contributed by atoms with Crippen LogP contribution < -0.4 is 0 Å². The van der Waals surface area contributed by atoms with Gasteiger partial charge in [-0.1, -0.05) is 41.9 Å². The van der Waals surface area contributed by atoms with Gasteiger partial charge in [0, 0.05) is 18.0 Å². The number of amides is 1. The highest BCUT2D eigenvalue weighted by Gasteiger charge is 2.30. The van der Waals surface area contributed by atoms with E-state index >= 15 is 0 Å². The molecule has 1 atom stereocenters. The van der Waals surface area contributed by atoms with Crippen molar-refractivity contribution in [1.82, 2.24) is 9.88 Å². The van der Waals surface area contributed by atoms with Crippen molar-refractivity contribution in [3.8, 4) is 0 Å². The number of oxazole rings is 1. The SMILES string of the molecule is O=C(c1ccccc1F)N1CCOC(c2ncc(Cc3ccccc3Cl)o2)C1. The Hall–Kier alpha value is -2.70. The first-order valence-corrected chi connectivity index (χ1v) is 9.33. The molecule has 2 heterocycles. The van der Waals surface area contributed by atoms with E-state index < -0.39 is 11.9 Å². The molecule has 1 saturated heterocycles. The quantitative estimate of drug-likeness (QED) is 0.656. The maximum absolute atomic E-state index is 13.9. The molecule has 4 rings (SSSR count). The van der Waals surface area contributed by atoms with Crippen LogP contribution in [0.3, 0.4) is 0 Å². The topological polar surface area (TPSA) is 55.6 Å². The van der Waals surface area contributed by atoms with Crippen molar-refractivity contribution in [2.24, 2.45) is 0 Å². The summed E-state index contributed by atoms with van der Waals surface area (Å²) in [7, 11) is 0. The van der Waals surface area contributed by atoms with E-state index in [-0.39, 0.29) is 18.0 Å². The maximum Gasteiger partial charge on any atom is 0.257 e. The number of ether oxygens (including phenoxy) is 1. The van der Waals surface area contributed by atoms with Crippen molar-refractivity contribution in [3.05, 3.63) is 88.3 Å². The molecule has 1 unspecified atom stereocenters. The lowest BCUT2D eigenvalue weighted by Crippen LogP contribution is -2.42. The molecule has 0 radical (unpaired) electrons. The van der Waals surface area contributed by atoms with Crippen LogP contribution in [0.15, 0.2) is 59.1 Å². The molecule has 7 heteroatoms. The third kappa shape index (κ3) is 3.93. The van der Waals surface area contributed by atoms with Gasteiger partial charge in [-0.15, -0.1) is 0 Å². The minimum absolute atomic E-state index is 0.0509. The van der Waals surface area contributed by atoms with Gasteiger partial charge in [0.05, 0.1) is 24.9 Å². The van der Waals surface area contributed by atoms with Gasteiger partial charge in [-0.25, -0.2) is 9.37 Å². The van der Waals surface area contributed by atoms with E-state index in [1.807, 2.05) is 24.3 Å². The fourth-order valence-corrected chi connectivity index (χ4v) is 3.37. The second-order valence-corrected chi connectivity index (χ2v) is 6.93. The Morgan fingerprint density at radius 3 is 2.82 bits per heavy atom. The number of hydrogen-bond donors (Lipinski definition) is 0. The van der Waals surface area contributed by atoms with Crippen molar-refractivity contribution in [1.29, 1.82) is 0 Å². The van der Waals surface area contributed by atoms with Crippen LogP contribution in [0.25, 0.3) is 0 Å². The number of carbonyl (C=O) groups is 1. The van der Waals surface area contributed by atoms with Gasteiger partial charge in [-0.3, -0.25) is 4.79 Å². The van der Waals surface area contributed by atoms with Crippen molar-refractivity contribution in [2.45, 2.75) is 12.5 Å². The number of halogens is 2. The van der Waals surface area contributed by atoms with Gasteiger partial charge in [0.1, 0.15) is 11.6 Å². The number of morpholine rings is 1. The van der Waals surface area contributed by atoms with Gasteiger partial charge in [0.2, 0.25) is 5.89 Å². The summed E-state index contributed by atoms with van der Waals surface area (Å²) in [5.41, 5.74) is 0.989. The number of rotatable bonds is 4. The third-order valence-corrected chi connectivity index (χ3v) is 5.00. The summed E-state index contributed by atoms with van der Waals surface area (Å²) in [5, 5.41) is 0.663. The first-order chi connectivity index (χ1) is 13.6. The van der Waals surface area contributed by atoms with Crippen LogP contribution in [0.1, 0.15) is 33.7 Å². The lowest BCUT2D eigenvalue weighted by molar-refractivity contribution is -0.0350. The van der Waals surface area contributed by atoms with Crippen LogP contribution in [-0.4, -0.2) is 35.5 Å². The summed E-state index contributed by atoms with van der Waals surface area (Å²) in [6.45, 7) is 0.961. The van der Waals surface area contributed by atoms with Crippen LogP contribution in [0.2, 0.25) is 5.02 Å². The zero-order valence-electron chi connectivity index (χ0n) is 15.0. The third-order valence-electron chi connectivity index (χ3n) is 4.63. The molecule has 1 aromatic heterocycles. The fourth-order valence-electron chi connectivity index (χ4n) is 3.17. The Bertz CT molecular complexity index is 991. The second-order valence-electron chi connectivity index (χ2n) is 6.52. The van der Waals surface area contributed by atoms with Crippen LogP contribution in [0.4, 0.5) is 4.39 Å². The van der Waals surface area contributed by atoms with Crippen molar-refractivity contribution < 1.29 is 18.3 Å². The molecule has 1 aliphatic heterocycles. The molecule has 0 saturated carbocycles. The molecule has 2 aromatic carbocycles. The number of benzene rings is 2. The Morgan fingerprint density at radius 1 is 1.21 bits per heavy atom. The normalized spacial score (nSPS) is 16.9. The summed E-state index contributed by atoms with van der Waals surface area (Å²) in [5.74, 6) is 0.153. The van der Waals surface area contributed by atoms with E-state index in [0.29, 0.717) is 36.2 Å². The number of nitrogens with zero attached hydrogens (tertiary/aromatic N) is 2. The van der Waals surface area contributed by atoms with Crippen LogP contribution >= 0.6 is 11.6 Å². The second kappa shape index (κ2) is 8.12. The Morgan fingerprint density at radius 2 is 2.00 bits per heavy atom. The molecule has 1 aliphatic rings. The zero-order chi connectivity index (χ0) is 19.5. The molecule has 5 nitrogen and oxygen atoms in total. The maximum atomic E-state index is 13.9. The molecule has 0 bridgehead atoms. The fraction of sp³-hybridized carbons (Fsp3) is 0.238. The van der Waals surface area contributed by atoms with Crippen LogP contribution in [0.5, 0.6) is 0 Å². The Kier molecular flexibility index (Phi) is 5.41. The standard InChI is InChI=1S/C21H18ClFN2O3/c22-17-7-3-1-5-14(17)11-15-12-24-20(28-15)19-13-25(9-10-27-19)21(26)16-6-2-4-8-18(16)23/h1-8,12,19H,9-11,13H2. The van der Waals surface area contributed by atoms with Gasteiger partial charge >= 0.3 is 0 Å². The van der Waals surface area contributed by atoms with Gasteiger partial charge < -0.3 is 14.1 Å². The van der Waals surface area contributed by atoms with Gasteiger partial charge in [0.25, 0.3) is 5.91 Å². The molecular weight excluding hydrogens is 383 g/mol. The highest BCUT2D eigenvalue weighted by Crippen LogP contribution is 2.25. The van der Waals surface area contributed by atoms with E-state index in [2.05, 4.69) is 4.98 Å². The molecule has 0 aliphatic carbocycles. The zero-order valence-corrected chi connectivity index (χ0v) is 15.7. The minimum Gasteiger partial charge on any atom is -0.442 e. The summed E-state index contributed by atoms with van der Waals surface area (Å²) >= 11 is 6.19. The van der Waals surface area contributed by atoms with E-state index in [9.17, 15) is 9.18 Å². The van der Waals surface area contributed by atoms with Crippen molar-refractivity contribution >= 4 is 17.5 Å². The van der Waals surface area contributed by atoms with E-state index in [1.54, 1.807) is 23.2 Å². The van der Waals surface area contributed by atoms with Crippen LogP contribution in [0, 0.1) is 5.82 Å². The number of carbonyl (C=O) groups excluding carboxylic acids is 1. The number of aromatic nitrogens is 1. The summed E-state index contributed by atoms with van der Waals surface area (Å²) in [6.07, 6.45) is 1.65. The predicted molar refractivity (Wildman–Crippen MR) is 102 cm³/mol. The van der Waals surface area contributed by atoms with Gasteiger partial charge in [0.15, 0.2) is 6.10 Å². The Labute approximate surface area is 166 Å². The number of hydrogen-bond acceptors (Lipinski definition) is 4. The van der Waals surface area contributed by atoms with E-state index in [1.165, 1.54) is 12.1 Å². The summed E-state index contributed by atoms with van der Waals surface area (Å²) < 4.78 is 25.5. The molecule has 1 amide bonds. The van der Waals surface area contributed by atoms with E-state index in [0.717, 1.165) is 5.56 Å². The molecule has 0 spiro atoms. The predicted octanol–water partition coefficient (Wildman–Crippen LogP) is 4.27. The average Bonchev–Trinajstić information content (AvgIpc) is 3.18. The highest BCUT2D eigenvalue weighted by atomic mass is 35.5. The molecule has 144 valence electrons. The van der Waals surface area contributed by atoms with Crippen LogP contribution in [-0.2, 0) is 11.2 Å². The lowest BCUT2D eigenvalue weighted by Gasteiger charge is -2.31. The first kappa shape index (κ1) is 18.7. The Balaban J connectivity index is 1.47. The summed E-state index contributed by atoms with van der Waals surface area (Å²) in [4.78, 5) is 18.5. The van der Waals surface area contributed by atoms with Gasteiger partial charge in [-0.2, -0.15) is 0 Å². The van der Waals surface area contributed by atoms with Crippen molar-refractivity contribution in [3.63, 3.8) is 0 Å².